The Morgan fingerprint density at radius 3 is 2.50 bits per heavy atom. The molecule has 1 aromatic heterocycles. The Kier molecular flexibility index (Phi) is 6.75. The summed E-state index contributed by atoms with van der Waals surface area (Å²) in [4.78, 5) is 30.0. The summed E-state index contributed by atoms with van der Waals surface area (Å²) in [5.74, 6) is -0.142. The van der Waals surface area contributed by atoms with Crippen LogP contribution in [0.3, 0.4) is 0 Å². The number of benzene rings is 2. The minimum absolute atomic E-state index is 0.0106. The number of amides is 2. The van der Waals surface area contributed by atoms with Gasteiger partial charge in [-0.2, -0.15) is 0 Å². The van der Waals surface area contributed by atoms with Crippen LogP contribution in [-0.2, 0) is 11.2 Å². The second-order valence-corrected chi connectivity index (χ2v) is 9.88. The molecule has 32 heavy (non-hydrogen) atoms. The van der Waals surface area contributed by atoms with Crippen LogP contribution < -0.4 is 5.32 Å². The number of hydrogen-bond donors (Lipinski definition) is 1. The predicted molar refractivity (Wildman–Crippen MR) is 130 cm³/mol. The molecule has 1 aliphatic rings. The molecule has 0 saturated carbocycles. The SMILES string of the molecule is Cc1ccc(CCNC(=O)[C@@H]2c3ccccc3C(=O)N(CC(C)C)[C@@H]2c2cccs2)cc1. The first kappa shape index (κ1) is 22.3. The van der Waals surface area contributed by atoms with Crippen molar-refractivity contribution in [2.24, 2.45) is 5.92 Å². The Hall–Kier alpha value is -2.92. The van der Waals surface area contributed by atoms with Crippen LogP contribution in [0, 0.1) is 12.8 Å². The topological polar surface area (TPSA) is 49.4 Å². The van der Waals surface area contributed by atoms with Gasteiger partial charge in [-0.05, 0) is 47.9 Å². The summed E-state index contributed by atoms with van der Waals surface area (Å²) in [6.07, 6.45) is 0.776. The van der Waals surface area contributed by atoms with Gasteiger partial charge < -0.3 is 10.2 Å². The van der Waals surface area contributed by atoms with Gasteiger partial charge in [-0.25, -0.2) is 0 Å². The lowest BCUT2D eigenvalue weighted by Gasteiger charge is -2.42. The van der Waals surface area contributed by atoms with E-state index in [1.807, 2.05) is 46.7 Å². The van der Waals surface area contributed by atoms with Gasteiger partial charge in [0.05, 0.1) is 12.0 Å². The Labute approximate surface area is 194 Å². The molecule has 0 fully saturated rings. The number of carbonyl (C=O) groups excluding carboxylic acids is 2. The Bertz CT molecular complexity index is 1070. The molecule has 3 aromatic rings. The molecule has 0 aliphatic carbocycles. The van der Waals surface area contributed by atoms with Crippen LogP contribution in [-0.4, -0.2) is 29.8 Å². The molecule has 2 heterocycles. The quantitative estimate of drug-likeness (QED) is 0.532. The summed E-state index contributed by atoms with van der Waals surface area (Å²) >= 11 is 1.61. The Morgan fingerprint density at radius 1 is 1.06 bits per heavy atom. The van der Waals surface area contributed by atoms with Gasteiger partial charge in [0.15, 0.2) is 0 Å². The van der Waals surface area contributed by atoms with Gasteiger partial charge in [-0.1, -0.05) is 67.9 Å². The van der Waals surface area contributed by atoms with Crippen molar-refractivity contribution in [1.29, 1.82) is 0 Å². The molecule has 0 unspecified atom stereocenters. The fourth-order valence-corrected chi connectivity index (χ4v) is 5.31. The first-order chi connectivity index (χ1) is 15.5. The highest BCUT2D eigenvalue weighted by molar-refractivity contribution is 7.10. The van der Waals surface area contributed by atoms with E-state index in [0.717, 1.165) is 16.9 Å². The fourth-order valence-electron chi connectivity index (χ4n) is 4.44. The normalized spacial score (nSPS) is 18.0. The molecule has 5 heteroatoms. The van der Waals surface area contributed by atoms with Crippen molar-refractivity contribution in [2.45, 2.75) is 39.2 Å². The monoisotopic (exact) mass is 446 g/mol. The van der Waals surface area contributed by atoms with E-state index >= 15 is 0 Å². The van der Waals surface area contributed by atoms with Crippen LogP contribution in [0.1, 0.15) is 57.7 Å². The van der Waals surface area contributed by atoms with E-state index in [1.54, 1.807) is 11.3 Å². The zero-order valence-corrected chi connectivity index (χ0v) is 19.7. The molecule has 1 N–H and O–H groups in total. The molecule has 166 valence electrons. The smallest absolute Gasteiger partial charge is 0.254 e. The average Bonchev–Trinajstić information content (AvgIpc) is 3.31. The molecule has 1 aliphatic heterocycles. The molecule has 2 aromatic carbocycles. The van der Waals surface area contributed by atoms with E-state index in [2.05, 4.69) is 50.4 Å². The average molecular weight is 447 g/mol. The number of hydrogen-bond acceptors (Lipinski definition) is 3. The van der Waals surface area contributed by atoms with E-state index in [-0.39, 0.29) is 17.9 Å². The minimum Gasteiger partial charge on any atom is -0.355 e. The van der Waals surface area contributed by atoms with Gasteiger partial charge in [0, 0.05) is 23.5 Å². The first-order valence-corrected chi connectivity index (χ1v) is 12.1. The summed E-state index contributed by atoms with van der Waals surface area (Å²) in [5.41, 5.74) is 3.89. The van der Waals surface area contributed by atoms with Gasteiger partial charge in [0.2, 0.25) is 5.91 Å². The first-order valence-electron chi connectivity index (χ1n) is 11.2. The van der Waals surface area contributed by atoms with Gasteiger partial charge in [0.25, 0.3) is 5.91 Å². The highest BCUT2D eigenvalue weighted by atomic mass is 32.1. The zero-order valence-electron chi connectivity index (χ0n) is 18.9. The third-order valence-corrected chi connectivity index (χ3v) is 6.89. The molecule has 2 amide bonds. The second kappa shape index (κ2) is 9.70. The summed E-state index contributed by atoms with van der Waals surface area (Å²) in [5, 5.41) is 5.18. The van der Waals surface area contributed by atoms with Crippen molar-refractivity contribution >= 4 is 23.2 Å². The summed E-state index contributed by atoms with van der Waals surface area (Å²) in [6.45, 7) is 7.46. The molecule has 0 bridgehead atoms. The van der Waals surface area contributed by atoms with E-state index in [9.17, 15) is 9.59 Å². The van der Waals surface area contributed by atoms with Crippen molar-refractivity contribution in [2.75, 3.05) is 13.1 Å². The third-order valence-electron chi connectivity index (χ3n) is 5.95. The largest absolute Gasteiger partial charge is 0.355 e. The number of carbonyl (C=O) groups is 2. The summed E-state index contributed by atoms with van der Waals surface area (Å²) < 4.78 is 0. The zero-order chi connectivity index (χ0) is 22.7. The number of thiophene rings is 1. The van der Waals surface area contributed by atoms with Crippen LogP contribution in [0.5, 0.6) is 0 Å². The third kappa shape index (κ3) is 4.63. The van der Waals surface area contributed by atoms with Gasteiger partial charge in [0.1, 0.15) is 0 Å². The predicted octanol–water partition coefficient (Wildman–Crippen LogP) is 5.35. The fraction of sp³-hybridized carbons (Fsp3) is 0.333. The van der Waals surface area contributed by atoms with Crippen molar-refractivity contribution in [3.63, 3.8) is 0 Å². The van der Waals surface area contributed by atoms with E-state index in [4.69, 9.17) is 0 Å². The Balaban J connectivity index is 1.64. The maximum Gasteiger partial charge on any atom is 0.254 e. The van der Waals surface area contributed by atoms with E-state index in [1.165, 1.54) is 11.1 Å². The number of rotatable bonds is 7. The number of nitrogens with zero attached hydrogens (tertiary/aromatic N) is 1. The summed E-state index contributed by atoms with van der Waals surface area (Å²) in [7, 11) is 0. The van der Waals surface area contributed by atoms with Gasteiger partial charge in [-0.15, -0.1) is 11.3 Å². The molecule has 0 spiro atoms. The molecule has 0 saturated heterocycles. The van der Waals surface area contributed by atoms with Crippen molar-refractivity contribution in [1.82, 2.24) is 10.2 Å². The molecule has 4 nitrogen and oxygen atoms in total. The lowest BCUT2D eigenvalue weighted by atomic mass is 9.81. The number of aryl methyl sites for hydroxylation is 1. The van der Waals surface area contributed by atoms with Crippen molar-refractivity contribution in [3.05, 3.63) is 93.2 Å². The lowest BCUT2D eigenvalue weighted by Crippen LogP contribution is -2.48. The second-order valence-electron chi connectivity index (χ2n) is 8.90. The maximum absolute atomic E-state index is 13.6. The van der Waals surface area contributed by atoms with E-state index in [0.29, 0.717) is 24.6 Å². The Morgan fingerprint density at radius 2 is 1.81 bits per heavy atom. The number of nitrogens with one attached hydrogen (secondary N) is 1. The van der Waals surface area contributed by atoms with Crippen LogP contribution in [0.2, 0.25) is 0 Å². The van der Waals surface area contributed by atoms with Crippen LogP contribution in [0.4, 0.5) is 0 Å². The van der Waals surface area contributed by atoms with Crippen molar-refractivity contribution < 1.29 is 9.59 Å². The highest BCUT2D eigenvalue weighted by Gasteiger charge is 2.44. The standard InChI is InChI=1S/C27H30N2O2S/c1-18(2)17-29-25(23-9-6-16-32-23)24(21-7-4-5-8-22(21)27(29)31)26(30)28-15-14-20-12-10-19(3)11-13-20/h4-13,16,18,24-25H,14-15,17H2,1-3H3,(H,28,30)/t24-,25-/m1/s1. The van der Waals surface area contributed by atoms with Crippen molar-refractivity contribution in [3.8, 4) is 0 Å². The van der Waals surface area contributed by atoms with Crippen LogP contribution >= 0.6 is 11.3 Å². The molecular weight excluding hydrogens is 416 g/mol. The highest BCUT2D eigenvalue weighted by Crippen LogP contribution is 2.44. The maximum atomic E-state index is 13.6. The lowest BCUT2D eigenvalue weighted by molar-refractivity contribution is -0.124. The molecule has 0 radical (unpaired) electrons. The van der Waals surface area contributed by atoms with Crippen LogP contribution in [0.25, 0.3) is 0 Å². The molecule has 4 rings (SSSR count). The van der Waals surface area contributed by atoms with E-state index < -0.39 is 5.92 Å². The van der Waals surface area contributed by atoms with Gasteiger partial charge in [-0.3, -0.25) is 9.59 Å². The minimum atomic E-state index is -0.431. The molecule has 2 atom stereocenters. The molecular formula is C27H30N2O2S. The number of fused-ring (bicyclic) bond motifs is 1. The van der Waals surface area contributed by atoms with Gasteiger partial charge >= 0.3 is 0 Å². The van der Waals surface area contributed by atoms with Crippen LogP contribution in [0.15, 0.2) is 66.0 Å². The summed E-state index contributed by atoms with van der Waals surface area (Å²) in [6, 6.07) is 19.7.